The van der Waals surface area contributed by atoms with Gasteiger partial charge in [-0.3, -0.25) is 4.79 Å². The van der Waals surface area contributed by atoms with E-state index in [-0.39, 0.29) is 17.2 Å². The van der Waals surface area contributed by atoms with Gasteiger partial charge in [0.15, 0.2) is 8.68 Å². The SMILES string of the molecule is COc1ccc(CSc2nnc(SCC(=O)Nc3ccc(C(=O)O)cc3)s2)cc1. The number of aromatic nitrogens is 2. The fourth-order valence-corrected chi connectivity index (χ4v) is 4.98. The first-order valence-corrected chi connectivity index (χ1v) is 11.2. The Kier molecular flexibility index (Phi) is 7.50. The van der Waals surface area contributed by atoms with Crippen LogP contribution in [-0.4, -0.2) is 40.0 Å². The number of aromatic carboxylic acids is 1. The smallest absolute Gasteiger partial charge is 0.335 e. The van der Waals surface area contributed by atoms with Crippen LogP contribution in [0.4, 0.5) is 5.69 Å². The Hall–Kier alpha value is -2.56. The number of anilines is 1. The van der Waals surface area contributed by atoms with Gasteiger partial charge in [-0.1, -0.05) is 47.0 Å². The van der Waals surface area contributed by atoms with E-state index in [1.165, 1.54) is 35.2 Å². The Morgan fingerprint density at radius 2 is 1.69 bits per heavy atom. The summed E-state index contributed by atoms with van der Waals surface area (Å²) >= 11 is 4.35. The van der Waals surface area contributed by atoms with E-state index in [1.807, 2.05) is 24.3 Å². The summed E-state index contributed by atoms with van der Waals surface area (Å²) in [4.78, 5) is 22.9. The molecule has 150 valence electrons. The average Bonchev–Trinajstić information content (AvgIpc) is 3.19. The minimum absolute atomic E-state index is 0.172. The van der Waals surface area contributed by atoms with Crippen molar-refractivity contribution in [2.24, 2.45) is 0 Å². The molecule has 0 fully saturated rings. The van der Waals surface area contributed by atoms with Crippen molar-refractivity contribution in [2.45, 2.75) is 14.4 Å². The second-order valence-electron chi connectivity index (χ2n) is 5.69. The van der Waals surface area contributed by atoms with E-state index in [9.17, 15) is 9.59 Å². The quantitative estimate of drug-likeness (QED) is 0.469. The molecule has 3 rings (SSSR count). The van der Waals surface area contributed by atoms with Gasteiger partial charge >= 0.3 is 5.97 Å². The van der Waals surface area contributed by atoms with Crippen molar-refractivity contribution in [3.8, 4) is 5.75 Å². The maximum absolute atomic E-state index is 12.1. The molecule has 10 heteroatoms. The average molecular weight is 448 g/mol. The highest BCUT2D eigenvalue weighted by molar-refractivity contribution is 8.03. The number of carboxylic acids is 1. The van der Waals surface area contributed by atoms with Gasteiger partial charge in [0.25, 0.3) is 0 Å². The van der Waals surface area contributed by atoms with Crippen LogP contribution in [0.2, 0.25) is 0 Å². The number of carbonyl (C=O) groups excluding carboxylic acids is 1. The Bertz CT molecular complexity index is 975. The predicted molar refractivity (Wildman–Crippen MR) is 115 cm³/mol. The van der Waals surface area contributed by atoms with Crippen molar-refractivity contribution in [1.82, 2.24) is 10.2 Å². The molecule has 0 unspecified atom stereocenters. The molecule has 0 atom stereocenters. The van der Waals surface area contributed by atoms with E-state index < -0.39 is 5.97 Å². The predicted octanol–water partition coefficient (Wildman–Crippen LogP) is 4.27. The van der Waals surface area contributed by atoms with Gasteiger partial charge < -0.3 is 15.2 Å². The summed E-state index contributed by atoms with van der Waals surface area (Å²) in [5, 5.41) is 19.9. The van der Waals surface area contributed by atoms with Crippen LogP contribution in [0, 0.1) is 0 Å². The molecule has 0 aliphatic rings. The Balaban J connectivity index is 1.44. The van der Waals surface area contributed by atoms with E-state index in [4.69, 9.17) is 9.84 Å². The Labute approximate surface area is 179 Å². The van der Waals surface area contributed by atoms with Gasteiger partial charge in [-0.2, -0.15) is 0 Å². The molecule has 0 saturated carbocycles. The first-order chi connectivity index (χ1) is 14.0. The zero-order valence-electron chi connectivity index (χ0n) is 15.3. The second kappa shape index (κ2) is 10.3. The number of amides is 1. The molecule has 0 bridgehead atoms. The molecule has 2 N–H and O–H groups in total. The van der Waals surface area contributed by atoms with E-state index in [0.717, 1.165) is 25.7 Å². The van der Waals surface area contributed by atoms with Crippen molar-refractivity contribution in [3.63, 3.8) is 0 Å². The van der Waals surface area contributed by atoms with Gasteiger partial charge in [0.1, 0.15) is 5.75 Å². The molecule has 0 radical (unpaired) electrons. The maximum atomic E-state index is 12.1. The second-order valence-corrected chi connectivity index (χ2v) is 9.11. The summed E-state index contributed by atoms with van der Waals surface area (Å²) in [5.74, 6) is 0.592. The molecule has 29 heavy (non-hydrogen) atoms. The number of thioether (sulfide) groups is 2. The van der Waals surface area contributed by atoms with Crippen LogP contribution >= 0.6 is 34.9 Å². The van der Waals surface area contributed by atoms with Crippen LogP contribution in [-0.2, 0) is 10.5 Å². The zero-order chi connectivity index (χ0) is 20.6. The summed E-state index contributed by atoms with van der Waals surface area (Å²) in [6, 6.07) is 13.9. The van der Waals surface area contributed by atoms with Crippen LogP contribution in [0.1, 0.15) is 15.9 Å². The number of nitrogens with zero attached hydrogens (tertiary/aromatic N) is 2. The molecule has 0 aliphatic carbocycles. The lowest BCUT2D eigenvalue weighted by Gasteiger charge is -2.04. The highest BCUT2D eigenvalue weighted by Gasteiger charge is 2.10. The number of rotatable bonds is 9. The van der Waals surface area contributed by atoms with Crippen LogP contribution in [0.15, 0.2) is 57.2 Å². The summed E-state index contributed by atoms with van der Waals surface area (Å²) in [6.45, 7) is 0. The molecule has 7 nitrogen and oxygen atoms in total. The van der Waals surface area contributed by atoms with Gasteiger partial charge in [-0.15, -0.1) is 10.2 Å². The van der Waals surface area contributed by atoms with E-state index >= 15 is 0 Å². The maximum Gasteiger partial charge on any atom is 0.335 e. The lowest BCUT2D eigenvalue weighted by atomic mass is 10.2. The number of carboxylic acid groups (broad SMARTS) is 1. The number of ether oxygens (including phenoxy) is 1. The molecule has 0 spiro atoms. The van der Waals surface area contributed by atoms with Crippen molar-refractivity contribution >= 4 is 52.4 Å². The van der Waals surface area contributed by atoms with Gasteiger partial charge in [0.2, 0.25) is 5.91 Å². The summed E-state index contributed by atoms with van der Waals surface area (Å²) in [6.07, 6.45) is 0. The first kappa shape index (κ1) is 21.2. The number of nitrogens with one attached hydrogen (secondary N) is 1. The first-order valence-electron chi connectivity index (χ1n) is 8.39. The minimum Gasteiger partial charge on any atom is -0.497 e. The number of methoxy groups -OCH3 is 1. The fourth-order valence-electron chi connectivity index (χ4n) is 2.20. The van der Waals surface area contributed by atoms with E-state index in [1.54, 1.807) is 31.0 Å². The van der Waals surface area contributed by atoms with Crippen LogP contribution in [0.25, 0.3) is 0 Å². The third-order valence-electron chi connectivity index (χ3n) is 3.65. The Morgan fingerprint density at radius 1 is 1.03 bits per heavy atom. The fraction of sp³-hybridized carbons (Fsp3) is 0.158. The van der Waals surface area contributed by atoms with Crippen molar-refractivity contribution in [1.29, 1.82) is 0 Å². The minimum atomic E-state index is -1.00. The molecule has 2 aromatic carbocycles. The number of hydrogen-bond acceptors (Lipinski definition) is 8. The van der Waals surface area contributed by atoms with Crippen LogP contribution in [0.5, 0.6) is 5.75 Å². The largest absolute Gasteiger partial charge is 0.497 e. The highest BCUT2D eigenvalue weighted by Crippen LogP contribution is 2.31. The normalized spacial score (nSPS) is 10.5. The lowest BCUT2D eigenvalue weighted by Crippen LogP contribution is -2.14. The highest BCUT2D eigenvalue weighted by atomic mass is 32.2. The number of carbonyl (C=O) groups is 2. The monoisotopic (exact) mass is 447 g/mol. The summed E-state index contributed by atoms with van der Waals surface area (Å²) < 4.78 is 6.71. The number of hydrogen-bond donors (Lipinski definition) is 2. The third-order valence-corrected chi connectivity index (χ3v) is 6.91. The number of benzene rings is 2. The zero-order valence-corrected chi connectivity index (χ0v) is 17.8. The molecule has 0 saturated heterocycles. The van der Waals surface area contributed by atoms with Gasteiger partial charge in [0.05, 0.1) is 18.4 Å². The molecule has 1 amide bonds. The molecular weight excluding hydrogens is 430 g/mol. The molecule has 3 aromatic rings. The molecular formula is C19H17N3O4S3. The van der Waals surface area contributed by atoms with Gasteiger partial charge in [-0.05, 0) is 42.0 Å². The van der Waals surface area contributed by atoms with Gasteiger partial charge in [-0.25, -0.2) is 4.79 Å². The summed E-state index contributed by atoms with van der Waals surface area (Å²) in [5.41, 5.74) is 1.88. The van der Waals surface area contributed by atoms with Gasteiger partial charge in [0, 0.05) is 11.4 Å². The van der Waals surface area contributed by atoms with E-state index in [0.29, 0.717) is 5.69 Å². The lowest BCUT2D eigenvalue weighted by molar-refractivity contribution is -0.113. The molecule has 0 aliphatic heterocycles. The standard InChI is InChI=1S/C19H17N3O4S3/c1-26-15-8-2-12(3-9-15)10-27-18-21-22-19(29-18)28-11-16(23)20-14-6-4-13(5-7-14)17(24)25/h2-9H,10-11H2,1H3,(H,20,23)(H,24,25). The van der Waals surface area contributed by atoms with Crippen molar-refractivity contribution in [3.05, 3.63) is 59.7 Å². The van der Waals surface area contributed by atoms with Crippen LogP contribution in [0.3, 0.4) is 0 Å². The third kappa shape index (κ3) is 6.48. The van der Waals surface area contributed by atoms with Crippen molar-refractivity contribution in [2.75, 3.05) is 18.2 Å². The van der Waals surface area contributed by atoms with Crippen LogP contribution < -0.4 is 10.1 Å². The summed E-state index contributed by atoms with van der Waals surface area (Å²) in [7, 11) is 1.64. The van der Waals surface area contributed by atoms with E-state index in [2.05, 4.69) is 15.5 Å². The molecule has 1 aromatic heterocycles. The topological polar surface area (TPSA) is 101 Å². The Morgan fingerprint density at radius 3 is 2.31 bits per heavy atom. The van der Waals surface area contributed by atoms with Crippen molar-refractivity contribution < 1.29 is 19.4 Å². The molecule has 1 heterocycles.